The van der Waals surface area contributed by atoms with Crippen molar-refractivity contribution in [2.24, 2.45) is 0 Å². The van der Waals surface area contributed by atoms with Gasteiger partial charge in [-0.05, 0) is 26.1 Å². The van der Waals surface area contributed by atoms with E-state index < -0.39 is 0 Å². The molecule has 2 N–H and O–H groups in total. The van der Waals surface area contributed by atoms with Gasteiger partial charge in [0.15, 0.2) is 5.11 Å². The van der Waals surface area contributed by atoms with Gasteiger partial charge in [-0.3, -0.25) is 0 Å². The van der Waals surface area contributed by atoms with Crippen molar-refractivity contribution in [3.05, 3.63) is 12.7 Å². The third kappa shape index (κ3) is 4.32. The first kappa shape index (κ1) is 9.43. The molecule has 0 aliphatic heterocycles. The zero-order valence-electron chi connectivity index (χ0n) is 6.48. The van der Waals surface area contributed by atoms with Crippen LogP contribution in [0, 0.1) is 0 Å². The van der Waals surface area contributed by atoms with Crippen LogP contribution in [0.15, 0.2) is 12.7 Å². The molecule has 0 fully saturated rings. The molecule has 0 amide bonds. The van der Waals surface area contributed by atoms with Crippen molar-refractivity contribution in [1.29, 1.82) is 0 Å². The van der Waals surface area contributed by atoms with E-state index in [2.05, 4.69) is 17.2 Å². The minimum absolute atomic E-state index is 0.242. The van der Waals surface area contributed by atoms with Gasteiger partial charge in [-0.15, -0.1) is 6.58 Å². The molecule has 0 rings (SSSR count). The van der Waals surface area contributed by atoms with Gasteiger partial charge in [0.05, 0.1) is 0 Å². The molecule has 3 heteroatoms. The fraction of sp³-hybridized carbons (Fsp3) is 0.571. The van der Waals surface area contributed by atoms with Crippen molar-refractivity contribution >= 4 is 17.3 Å². The topological polar surface area (TPSA) is 24.1 Å². The number of rotatable bonds is 3. The lowest BCUT2D eigenvalue weighted by molar-refractivity contribution is 0.780. The lowest BCUT2D eigenvalue weighted by atomic mass is 10.3. The van der Waals surface area contributed by atoms with E-state index in [0.717, 1.165) is 6.54 Å². The van der Waals surface area contributed by atoms with Crippen LogP contribution >= 0.6 is 12.2 Å². The molecule has 0 saturated carbocycles. The fourth-order valence-electron chi connectivity index (χ4n) is 0.477. The highest BCUT2D eigenvalue weighted by atomic mass is 32.1. The second kappa shape index (κ2) is 5.23. The summed E-state index contributed by atoms with van der Waals surface area (Å²) < 4.78 is 0. The zero-order valence-corrected chi connectivity index (χ0v) is 7.29. The largest absolute Gasteiger partial charge is 0.363 e. The Labute approximate surface area is 67.7 Å². The molecule has 0 saturated heterocycles. The van der Waals surface area contributed by atoms with E-state index in [1.54, 1.807) is 0 Å². The Hall–Kier alpha value is -0.570. The summed E-state index contributed by atoms with van der Waals surface area (Å²) in [7, 11) is 0. The molecule has 0 aromatic heterocycles. The Kier molecular flexibility index (Phi) is 4.94. The molecule has 10 heavy (non-hydrogen) atoms. The Morgan fingerprint density at radius 3 is 2.80 bits per heavy atom. The molecule has 58 valence electrons. The molecule has 0 aliphatic rings. The first-order valence-electron chi connectivity index (χ1n) is 3.37. The molecule has 0 aromatic carbocycles. The summed E-state index contributed by atoms with van der Waals surface area (Å²) in [6.07, 6.45) is 1.81. The number of thiocarbonyl (C=S) groups is 1. The maximum Gasteiger partial charge on any atom is 0.166 e. The Morgan fingerprint density at radius 2 is 2.40 bits per heavy atom. The number of nitrogens with one attached hydrogen (secondary N) is 2. The second-order valence-electron chi connectivity index (χ2n) is 2.03. The van der Waals surface area contributed by atoms with Crippen molar-refractivity contribution < 1.29 is 0 Å². The molecule has 0 heterocycles. The zero-order chi connectivity index (χ0) is 7.98. The third-order valence-corrected chi connectivity index (χ3v) is 1.31. The summed E-state index contributed by atoms with van der Waals surface area (Å²) in [6, 6.07) is 0.242. The van der Waals surface area contributed by atoms with Crippen molar-refractivity contribution in [3.63, 3.8) is 0 Å². The highest BCUT2D eigenvalue weighted by Crippen LogP contribution is 1.80. The molecule has 0 aliphatic carbocycles. The highest BCUT2D eigenvalue weighted by molar-refractivity contribution is 7.80. The quantitative estimate of drug-likeness (QED) is 0.474. The minimum atomic E-state index is 0.242. The predicted molar refractivity (Wildman–Crippen MR) is 49.1 cm³/mol. The fourth-order valence-corrected chi connectivity index (χ4v) is 0.808. The van der Waals surface area contributed by atoms with E-state index >= 15 is 0 Å². The SMILES string of the molecule is C=CC(C)NC(=S)NCC. The summed E-state index contributed by atoms with van der Waals surface area (Å²) in [5, 5.41) is 6.71. The van der Waals surface area contributed by atoms with Crippen LogP contribution < -0.4 is 10.6 Å². The van der Waals surface area contributed by atoms with Crippen LogP contribution in [0.3, 0.4) is 0 Å². The van der Waals surface area contributed by atoms with Crippen LogP contribution in [0.2, 0.25) is 0 Å². The summed E-state index contributed by atoms with van der Waals surface area (Å²) in [5.74, 6) is 0. The molecular formula is C7H14N2S. The number of hydrogen-bond donors (Lipinski definition) is 2. The van der Waals surface area contributed by atoms with Gasteiger partial charge in [0.25, 0.3) is 0 Å². The monoisotopic (exact) mass is 158 g/mol. The van der Waals surface area contributed by atoms with E-state index in [-0.39, 0.29) is 6.04 Å². The van der Waals surface area contributed by atoms with Crippen LogP contribution in [0.4, 0.5) is 0 Å². The first-order valence-corrected chi connectivity index (χ1v) is 3.78. The van der Waals surface area contributed by atoms with Crippen LogP contribution in [-0.4, -0.2) is 17.7 Å². The van der Waals surface area contributed by atoms with Gasteiger partial charge in [0.2, 0.25) is 0 Å². The van der Waals surface area contributed by atoms with Crippen molar-refractivity contribution in [3.8, 4) is 0 Å². The number of hydrogen-bond acceptors (Lipinski definition) is 1. The van der Waals surface area contributed by atoms with E-state index in [1.807, 2.05) is 19.9 Å². The molecule has 0 spiro atoms. The van der Waals surface area contributed by atoms with E-state index in [4.69, 9.17) is 12.2 Å². The highest BCUT2D eigenvalue weighted by Gasteiger charge is 1.95. The molecule has 0 bridgehead atoms. The van der Waals surface area contributed by atoms with Gasteiger partial charge >= 0.3 is 0 Å². The minimum Gasteiger partial charge on any atom is -0.363 e. The van der Waals surface area contributed by atoms with Crippen LogP contribution in [0.25, 0.3) is 0 Å². The second-order valence-corrected chi connectivity index (χ2v) is 2.44. The lowest BCUT2D eigenvalue weighted by Crippen LogP contribution is -2.39. The smallest absolute Gasteiger partial charge is 0.166 e. The van der Waals surface area contributed by atoms with Crippen molar-refractivity contribution in [1.82, 2.24) is 10.6 Å². The van der Waals surface area contributed by atoms with Gasteiger partial charge in [-0.25, -0.2) is 0 Å². The Balaban J connectivity index is 3.46. The summed E-state index contributed by atoms with van der Waals surface area (Å²) in [6.45, 7) is 8.48. The average molecular weight is 158 g/mol. The summed E-state index contributed by atoms with van der Waals surface area (Å²) in [5.41, 5.74) is 0. The maximum absolute atomic E-state index is 4.93. The molecule has 1 unspecified atom stereocenters. The molecule has 2 nitrogen and oxygen atoms in total. The van der Waals surface area contributed by atoms with Gasteiger partial charge in [-0.2, -0.15) is 0 Å². The van der Waals surface area contributed by atoms with E-state index in [1.165, 1.54) is 0 Å². The normalized spacial score (nSPS) is 11.8. The van der Waals surface area contributed by atoms with Gasteiger partial charge in [0.1, 0.15) is 0 Å². The third-order valence-electron chi connectivity index (χ3n) is 1.05. The van der Waals surface area contributed by atoms with Gasteiger partial charge < -0.3 is 10.6 Å². The first-order chi connectivity index (χ1) is 4.70. The Bertz CT molecular complexity index is 123. The van der Waals surface area contributed by atoms with E-state index in [9.17, 15) is 0 Å². The van der Waals surface area contributed by atoms with Crippen molar-refractivity contribution in [2.45, 2.75) is 19.9 Å². The van der Waals surface area contributed by atoms with Gasteiger partial charge in [-0.1, -0.05) is 6.08 Å². The summed E-state index contributed by atoms with van der Waals surface area (Å²) >= 11 is 4.93. The van der Waals surface area contributed by atoms with Crippen molar-refractivity contribution in [2.75, 3.05) is 6.54 Å². The molecule has 0 aromatic rings. The average Bonchev–Trinajstić information content (AvgIpc) is 1.88. The molecule has 0 radical (unpaired) electrons. The van der Waals surface area contributed by atoms with Crippen LogP contribution in [0.5, 0.6) is 0 Å². The predicted octanol–water partition coefficient (Wildman–Crippen LogP) is 1.04. The molecular weight excluding hydrogens is 144 g/mol. The van der Waals surface area contributed by atoms with Crippen LogP contribution in [0.1, 0.15) is 13.8 Å². The summed E-state index contributed by atoms with van der Waals surface area (Å²) in [4.78, 5) is 0. The Morgan fingerprint density at radius 1 is 1.80 bits per heavy atom. The van der Waals surface area contributed by atoms with Crippen LogP contribution in [-0.2, 0) is 0 Å². The lowest BCUT2D eigenvalue weighted by Gasteiger charge is -2.11. The molecule has 1 atom stereocenters. The van der Waals surface area contributed by atoms with Gasteiger partial charge in [0, 0.05) is 12.6 Å². The standard InChI is InChI=1S/C7H14N2S/c1-4-6(3)9-7(10)8-5-2/h4,6H,1,5H2,2-3H3,(H2,8,9,10). The van der Waals surface area contributed by atoms with E-state index in [0.29, 0.717) is 5.11 Å². The maximum atomic E-state index is 4.93.